The second-order valence-corrected chi connectivity index (χ2v) is 3.02. The van der Waals surface area contributed by atoms with Gasteiger partial charge in [0, 0.05) is 12.4 Å². The number of halogens is 1. The summed E-state index contributed by atoms with van der Waals surface area (Å²) in [5.74, 6) is -1.03. The minimum atomic E-state index is -1.03. The fraction of sp³-hybridized carbons (Fsp3) is 0.250. The van der Waals surface area contributed by atoms with E-state index in [0.29, 0.717) is 10.6 Å². The van der Waals surface area contributed by atoms with E-state index in [1.807, 2.05) is 0 Å². The number of nitrogens with zero attached hydrogens (tertiary/aromatic N) is 1. The fourth-order valence-electron chi connectivity index (χ4n) is 0.894. The van der Waals surface area contributed by atoms with E-state index in [-0.39, 0.29) is 6.42 Å². The van der Waals surface area contributed by atoms with Crippen LogP contribution in [-0.4, -0.2) is 22.1 Å². The predicted octanol–water partition coefficient (Wildman–Crippen LogP) is 0.689. The van der Waals surface area contributed by atoms with Crippen molar-refractivity contribution in [2.45, 2.75) is 12.5 Å². The Morgan fingerprint density at radius 1 is 1.77 bits per heavy atom. The molecule has 1 rings (SSSR count). The van der Waals surface area contributed by atoms with Crippen molar-refractivity contribution in [1.82, 2.24) is 4.98 Å². The Morgan fingerprint density at radius 3 is 3.00 bits per heavy atom. The Morgan fingerprint density at radius 2 is 2.46 bits per heavy atom. The zero-order chi connectivity index (χ0) is 9.84. The molecule has 13 heavy (non-hydrogen) atoms. The quantitative estimate of drug-likeness (QED) is 0.753. The maximum Gasteiger partial charge on any atom is 0.320 e. The average molecular weight is 201 g/mol. The zero-order valence-electron chi connectivity index (χ0n) is 6.77. The number of hydrogen-bond acceptors (Lipinski definition) is 3. The first-order valence-electron chi connectivity index (χ1n) is 3.68. The fourth-order valence-corrected chi connectivity index (χ4v) is 1.09. The molecule has 3 N–H and O–H groups in total. The van der Waals surface area contributed by atoms with Crippen molar-refractivity contribution in [3.63, 3.8) is 0 Å². The van der Waals surface area contributed by atoms with Gasteiger partial charge in [-0.3, -0.25) is 9.78 Å². The Balaban J connectivity index is 2.74. The first-order chi connectivity index (χ1) is 6.11. The molecule has 1 aromatic rings. The lowest BCUT2D eigenvalue weighted by Crippen LogP contribution is -2.32. The van der Waals surface area contributed by atoms with Crippen molar-refractivity contribution in [3.05, 3.63) is 29.0 Å². The molecule has 1 unspecified atom stereocenters. The van der Waals surface area contributed by atoms with Gasteiger partial charge in [0.15, 0.2) is 0 Å². The van der Waals surface area contributed by atoms with E-state index in [1.165, 1.54) is 6.20 Å². The largest absolute Gasteiger partial charge is 0.480 e. The Hall–Kier alpha value is -1.13. The van der Waals surface area contributed by atoms with Crippen LogP contribution in [-0.2, 0) is 11.2 Å². The van der Waals surface area contributed by atoms with E-state index in [1.54, 1.807) is 12.3 Å². The first kappa shape index (κ1) is 9.95. The van der Waals surface area contributed by atoms with Gasteiger partial charge in [-0.2, -0.15) is 0 Å². The van der Waals surface area contributed by atoms with E-state index >= 15 is 0 Å². The number of carbonyl (C=O) groups is 1. The van der Waals surface area contributed by atoms with E-state index in [2.05, 4.69) is 4.98 Å². The Kier molecular flexibility index (Phi) is 3.22. The molecule has 0 aliphatic rings. The van der Waals surface area contributed by atoms with Crippen LogP contribution < -0.4 is 5.73 Å². The number of rotatable bonds is 3. The topological polar surface area (TPSA) is 76.2 Å². The highest BCUT2D eigenvalue weighted by Gasteiger charge is 2.13. The number of hydrogen-bond donors (Lipinski definition) is 2. The molecule has 0 radical (unpaired) electrons. The van der Waals surface area contributed by atoms with Gasteiger partial charge in [-0.25, -0.2) is 0 Å². The molecule has 0 amide bonds. The van der Waals surface area contributed by atoms with Crippen LogP contribution in [0.1, 0.15) is 5.56 Å². The molecule has 0 fully saturated rings. The van der Waals surface area contributed by atoms with E-state index in [4.69, 9.17) is 22.4 Å². The maximum absolute atomic E-state index is 10.4. The summed E-state index contributed by atoms with van der Waals surface area (Å²) in [6.45, 7) is 0. The predicted molar refractivity (Wildman–Crippen MR) is 48.6 cm³/mol. The van der Waals surface area contributed by atoms with Crippen LogP contribution in [0.4, 0.5) is 0 Å². The van der Waals surface area contributed by atoms with Crippen LogP contribution >= 0.6 is 11.6 Å². The summed E-state index contributed by atoms with van der Waals surface area (Å²) in [4.78, 5) is 14.2. The first-order valence-corrected chi connectivity index (χ1v) is 4.06. The minimum absolute atomic E-state index is 0.219. The van der Waals surface area contributed by atoms with Gasteiger partial charge in [0.25, 0.3) is 0 Å². The highest BCUT2D eigenvalue weighted by atomic mass is 35.5. The standard InChI is InChI=1S/C8H9ClN2O2/c9-6-4-11-2-1-5(6)3-7(10)8(12)13/h1-2,4,7H,3,10H2,(H,12,13). The van der Waals surface area contributed by atoms with Crippen LogP contribution in [0.5, 0.6) is 0 Å². The lowest BCUT2D eigenvalue weighted by atomic mass is 10.1. The molecule has 5 heteroatoms. The van der Waals surface area contributed by atoms with Gasteiger partial charge in [-0.05, 0) is 18.1 Å². The van der Waals surface area contributed by atoms with E-state index < -0.39 is 12.0 Å². The zero-order valence-corrected chi connectivity index (χ0v) is 7.53. The van der Waals surface area contributed by atoms with Crippen molar-refractivity contribution in [2.24, 2.45) is 5.73 Å². The van der Waals surface area contributed by atoms with Crippen LogP contribution in [0.15, 0.2) is 18.5 Å². The minimum Gasteiger partial charge on any atom is -0.480 e. The SMILES string of the molecule is NC(Cc1ccncc1Cl)C(=O)O. The van der Waals surface area contributed by atoms with Gasteiger partial charge in [0.05, 0.1) is 5.02 Å². The number of aliphatic carboxylic acids is 1. The highest BCUT2D eigenvalue weighted by molar-refractivity contribution is 6.31. The van der Waals surface area contributed by atoms with Crippen molar-refractivity contribution in [2.75, 3.05) is 0 Å². The summed E-state index contributed by atoms with van der Waals surface area (Å²) in [7, 11) is 0. The van der Waals surface area contributed by atoms with Crippen LogP contribution in [0.25, 0.3) is 0 Å². The average Bonchev–Trinajstić information content (AvgIpc) is 2.08. The van der Waals surface area contributed by atoms with E-state index in [9.17, 15) is 4.79 Å². The Labute approximate surface area is 80.3 Å². The number of aromatic nitrogens is 1. The number of carboxylic acids is 1. The van der Waals surface area contributed by atoms with Crippen molar-refractivity contribution in [3.8, 4) is 0 Å². The van der Waals surface area contributed by atoms with Crippen LogP contribution in [0, 0.1) is 0 Å². The van der Waals surface area contributed by atoms with Gasteiger partial charge in [0.1, 0.15) is 6.04 Å². The molecule has 0 spiro atoms. The van der Waals surface area contributed by atoms with Gasteiger partial charge in [-0.15, -0.1) is 0 Å². The normalized spacial score (nSPS) is 12.5. The molecule has 0 aliphatic carbocycles. The summed E-state index contributed by atoms with van der Waals surface area (Å²) in [6.07, 6.45) is 3.23. The number of pyridine rings is 1. The van der Waals surface area contributed by atoms with Gasteiger partial charge >= 0.3 is 5.97 Å². The van der Waals surface area contributed by atoms with Crippen molar-refractivity contribution >= 4 is 17.6 Å². The van der Waals surface area contributed by atoms with Crippen LogP contribution in [0.3, 0.4) is 0 Å². The third kappa shape index (κ3) is 2.68. The molecule has 0 saturated heterocycles. The number of carboxylic acid groups (broad SMARTS) is 1. The number of nitrogens with two attached hydrogens (primary N) is 1. The summed E-state index contributed by atoms with van der Waals surface area (Å²) < 4.78 is 0. The molecule has 0 bridgehead atoms. The molecule has 1 aromatic heterocycles. The summed E-state index contributed by atoms with van der Waals surface area (Å²) in [5, 5.41) is 8.99. The maximum atomic E-state index is 10.4. The molecule has 1 atom stereocenters. The summed E-state index contributed by atoms with van der Waals surface area (Å²) in [5.41, 5.74) is 6.04. The molecule has 1 heterocycles. The van der Waals surface area contributed by atoms with E-state index in [0.717, 1.165) is 0 Å². The molecular formula is C8H9ClN2O2. The summed E-state index contributed by atoms with van der Waals surface area (Å²) >= 11 is 5.76. The molecular weight excluding hydrogens is 192 g/mol. The van der Waals surface area contributed by atoms with Crippen molar-refractivity contribution < 1.29 is 9.90 Å². The third-order valence-electron chi connectivity index (χ3n) is 1.61. The Bertz CT molecular complexity index is 317. The lowest BCUT2D eigenvalue weighted by Gasteiger charge is -2.06. The second kappa shape index (κ2) is 4.20. The van der Waals surface area contributed by atoms with Gasteiger partial charge in [0.2, 0.25) is 0 Å². The van der Waals surface area contributed by atoms with Crippen LogP contribution in [0.2, 0.25) is 5.02 Å². The summed E-state index contributed by atoms with van der Waals surface area (Å²) in [6, 6.07) is 0.741. The molecule has 0 saturated carbocycles. The second-order valence-electron chi connectivity index (χ2n) is 2.62. The smallest absolute Gasteiger partial charge is 0.320 e. The van der Waals surface area contributed by atoms with Crippen molar-refractivity contribution in [1.29, 1.82) is 0 Å². The third-order valence-corrected chi connectivity index (χ3v) is 1.95. The molecule has 0 aliphatic heterocycles. The monoisotopic (exact) mass is 200 g/mol. The molecule has 0 aromatic carbocycles. The molecule has 70 valence electrons. The van der Waals surface area contributed by atoms with Gasteiger partial charge in [-0.1, -0.05) is 11.6 Å². The molecule has 4 nitrogen and oxygen atoms in total. The highest BCUT2D eigenvalue weighted by Crippen LogP contribution is 2.14. The van der Waals surface area contributed by atoms with Gasteiger partial charge < -0.3 is 10.8 Å². The lowest BCUT2D eigenvalue weighted by molar-refractivity contribution is -0.138.